The van der Waals surface area contributed by atoms with Crippen molar-refractivity contribution >= 4 is 23.2 Å². The number of benzene rings is 1. The van der Waals surface area contributed by atoms with Crippen LogP contribution in [0.3, 0.4) is 0 Å². The van der Waals surface area contributed by atoms with Crippen LogP contribution in [0.4, 0.5) is 0 Å². The van der Waals surface area contributed by atoms with Crippen LogP contribution >= 0.6 is 11.3 Å². The van der Waals surface area contributed by atoms with E-state index in [2.05, 4.69) is 27.6 Å². The van der Waals surface area contributed by atoms with Crippen molar-refractivity contribution < 1.29 is 14.1 Å². The van der Waals surface area contributed by atoms with Crippen molar-refractivity contribution in [3.8, 4) is 10.4 Å². The van der Waals surface area contributed by atoms with Crippen molar-refractivity contribution in [3.63, 3.8) is 0 Å². The SMILES string of the molecule is Cc1ncsc1-c1ccc(CNC(=O)C2CCCN2C(=O)C(c2cc(C(C)C)no2)C(C)C)cc1. The molecular weight excluding hydrogens is 460 g/mol. The number of aromatic nitrogens is 2. The third-order valence-electron chi connectivity index (χ3n) is 6.64. The van der Waals surface area contributed by atoms with E-state index in [1.165, 1.54) is 0 Å². The largest absolute Gasteiger partial charge is 0.360 e. The molecule has 1 saturated heterocycles. The first-order valence-corrected chi connectivity index (χ1v) is 13.2. The van der Waals surface area contributed by atoms with Gasteiger partial charge in [-0.05, 0) is 42.7 Å². The van der Waals surface area contributed by atoms with Gasteiger partial charge in [0.25, 0.3) is 0 Å². The quantitative estimate of drug-likeness (QED) is 0.460. The molecule has 3 aromatic rings. The van der Waals surface area contributed by atoms with Crippen LogP contribution in [0.5, 0.6) is 0 Å². The standard InChI is InChI=1S/C27H34N4O3S/c1-16(2)21-13-23(34-30-21)24(17(3)4)27(33)31-12-6-7-22(31)26(32)28-14-19-8-10-20(11-9-19)25-18(5)29-15-35-25/h8-11,13,15-17,22,24H,6-7,12,14H2,1-5H3,(H,28,32). The number of nitrogens with zero attached hydrogens (tertiary/aromatic N) is 3. The second-order valence-corrected chi connectivity index (χ2v) is 10.8. The topological polar surface area (TPSA) is 88.3 Å². The van der Waals surface area contributed by atoms with Gasteiger partial charge in [-0.1, -0.05) is 57.1 Å². The second-order valence-electron chi connectivity index (χ2n) is 9.90. The molecule has 1 aromatic carbocycles. The summed E-state index contributed by atoms with van der Waals surface area (Å²) < 4.78 is 5.57. The van der Waals surface area contributed by atoms with Gasteiger partial charge in [0.05, 0.1) is 21.8 Å². The zero-order valence-electron chi connectivity index (χ0n) is 21.1. The summed E-state index contributed by atoms with van der Waals surface area (Å²) in [5.41, 5.74) is 5.85. The van der Waals surface area contributed by atoms with E-state index in [0.717, 1.165) is 33.8 Å². The van der Waals surface area contributed by atoms with Crippen LogP contribution < -0.4 is 5.32 Å². The highest BCUT2D eigenvalue weighted by Crippen LogP contribution is 2.32. The van der Waals surface area contributed by atoms with E-state index < -0.39 is 12.0 Å². The van der Waals surface area contributed by atoms with Gasteiger partial charge < -0.3 is 14.7 Å². The maximum atomic E-state index is 13.6. The molecular formula is C27H34N4O3S. The van der Waals surface area contributed by atoms with Gasteiger partial charge in [0.2, 0.25) is 11.8 Å². The molecule has 0 radical (unpaired) electrons. The summed E-state index contributed by atoms with van der Waals surface area (Å²) in [7, 11) is 0. The number of carbonyl (C=O) groups excluding carboxylic acids is 2. The monoisotopic (exact) mass is 494 g/mol. The van der Waals surface area contributed by atoms with Gasteiger partial charge in [-0.25, -0.2) is 4.98 Å². The lowest BCUT2D eigenvalue weighted by molar-refractivity contribution is -0.140. The molecule has 2 amide bonds. The smallest absolute Gasteiger partial charge is 0.243 e. The number of rotatable bonds is 8. The summed E-state index contributed by atoms with van der Waals surface area (Å²) in [5, 5.41) is 7.18. The highest BCUT2D eigenvalue weighted by molar-refractivity contribution is 7.13. The lowest BCUT2D eigenvalue weighted by Crippen LogP contribution is -2.47. The summed E-state index contributed by atoms with van der Waals surface area (Å²) in [5.74, 6) is 0.206. The molecule has 4 rings (SSSR count). The maximum Gasteiger partial charge on any atom is 0.243 e. The molecule has 1 aliphatic rings. The van der Waals surface area contributed by atoms with Gasteiger partial charge >= 0.3 is 0 Å². The number of thiazole rings is 1. The highest BCUT2D eigenvalue weighted by Gasteiger charge is 2.40. The van der Waals surface area contributed by atoms with E-state index in [9.17, 15) is 9.59 Å². The molecule has 0 saturated carbocycles. The Hall–Kier alpha value is -3.00. The zero-order chi connectivity index (χ0) is 25.1. The third-order valence-corrected chi connectivity index (χ3v) is 7.62. The van der Waals surface area contributed by atoms with Crippen LogP contribution in [-0.2, 0) is 16.1 Å². The van der Waals surface area contributed by atoms with Crippen molar-refractivity contribution in [2.24, 2.45) is 5.92 Å². The fourth-order valence-electron chi connectivity index (χ4n) is 4.60. The number of aryl methyl sites for hydroxylation is 1. The van der Waals surface area contributed by atoms with Gasteiger partial charge in [-0.2, -0.15) is 0 Å². The predicted molar refractivity (Wildman–Crippen MR) is 137 cm³/mol. The molecule has 8 heteroatoms. The molecule has 1 N–H and O–H groups in total. The van der Waals surface area contributed by atoms with Gasteiger partial charge in [0.15, 0.2) is 0 Å². The number of hydrogen-bond acceptors (Lipinski definition) is 6. The molecule has 186 valence electrons. The number of carbonyl (C=O) groups is 2. The van der Waals surface area contributed by atoms with Gasteiger partial charge in [0, 0.05) is 19.2 Å². The van der Waals surface area contributed by atoms with Crippen molar-refractivity contribution in [1.82, 2.24) is 20.4 Å². The van der Waals surface area contributed by atoms with Crippen molar-refractivity contribution in [2.45, 2.75) is 71.9 Å². The normalized spacial score (nSPS) is 16.8. The van der Waals surface area contributed by atoms with Gasteiger partial charge in [-0.15, -0.1) is 11.3 Å². The third kappa shape index (κ3) is 5.48. The van der Waals surface area contributed by atoms with Crippen LogP contribution in [0.2, 0.25) is 0 Å². The molecule has 0 spiro atoms. The first kappa shape index (κ1) is 25.1. The Bertz CT molecular complexity index is 1170. The number of likely N-dealkylation sites (tertiary alicyclic amines) is 1. The fourth-order valence-corrected chi connectivity index (χ4v) is 5.41. The molecule has 2 atom stereocenters. The van der Waals surface area contributed by atoms with Crippen molar-refractivity contribution in [3.05, 3.63) is 58.6 Å². The predicted octanol–water partition coefficient (Wildman–Crippen LogP) is 5.28. The molecule has 35 heavy (non-hydrogen) atoms. The molecule has 3 heterocycles. The zero-order valence-corrected chi connectivity index (χ0v) is 21.9. The number of nitrogens with one attached hydrogen (secondary N) is 1. The summed E-state index contributed by atoms with van der Waals surface area (Å²) in [6.07, 6.45) is 1.48. The average Bonchev–Trinajstić information content (AvgIpc) is 3.58. The van der Waals surface area contributed by atoms with Gasteiger partial charge in [0.1, 0.15) is 17.7 Å². The minimum absolute atomic E-state index is 0.0282. The van der Waals surface area contributed by atoms with E-state index in [0.29, 0.717) is 25.3 Å². The van der Waals surface area contributed by atoms with Gasteiger partial charge in [-0.3, -0.25) is 9.59 Å². The van der Waals surface area contributed by atoms with E-state index >= 15 is 0 Å². The molecule has 2 aromatic heterocycles. The fraction of sp³-hybridized carbons (Fsp3) is 0.481. The Labute approximate surface area is 210 Å². The summed E-state index contributed by atoms with van der Waals surface area (Å²) in [6.45, 7) is 11.1. The van der Waals surface area contributed by atoms with E-state index in [4.69, 9.17) is 4.52 Å². The Morgan fingerprint density at radius 1 is 1.20 bits per heavy atom. The molecule has 0 bridgehead atoms. The summed E-state index contributed by atoms with van der Waals surface area (Å²) in [4.78, 5) is 33.9. The molecule has 7 nitrogen and oxygen atoms in total. The Morgan fingerprint density at radius 3 is 2.54 bits per heavy atom. The van der Waals surface area contributed by atoms with Crippen LogP contribution in [0.15, 0.2) is 40.4 Å². The van der Waals surface area contributed by atoms with E-state index in [1.54, 1.807) is 16.2 Å². The van der Waals surface area contributed by atoms with Crippen molar-refractivity contribution in [2.75, 3.05) is 6.54 Å². The first-order valence-electron chi connectivity index (χ1n) is 12.3. The molecule has 2 unspecified atom stereocenters. The number of hydrogen-bond donors (Lipinski definition) is 1. The maximum absolute atomic E-state index is 13.6. The Kier molecular flexibility index (Phi) is 7.69. The molecule has 1 aliphatic heterocycles. The minimum Gasteiger partial charge on any atom is -0.360 e. The van der Waals surface area contributed by atoms with Crippen LogP contribution in [0.25, 0.3) is 10.4 Å². The molecule has 0 aliphatic carbocycles. The number of amides is 2. The lowest BCUT2D eigenvalue weighted by Gasteiger charge is -2.29. The first-order chi connectivity index (χ1) is 16.8. The summed E-state index contributed by atoms with van der Waals surface area (Å²) in [6, 6.07) is 9.59. The van der Waals surface area contributed by atoms with Crippen molar-refractivity contribution in [1.29, 1.82) is 0 Å². The van der Waals surface area contributed by atoms with E-state index in [1.807, 2.05) is 58.3 Å². The average molecular weight is 495 g/mol. The van der Waals surface area contributed by atoms with Crippen LogP contribution in [0.1, 0.15) is 75.1 Å². The van der Waals surface area contributed by atoms with Crippen LogP contribution in [-0.4, -0.2) is 39.4 Å². The Balaban J connectivity index is 1.41. The minimum atomic E-state index is -0.463. The lowest BCUT2D eigenvalue weighted by atomic mass is 9.90. The van der Waals surface area contributed by atoms with Crippen LogP contribution in [0, 0.1) is 12.8 Å². The summed E-state index contributed by atoms with van der Waals surface area (Å²) >= 11 is 1.62. The Morgan fingerprint density at radius 2 is 1.94 bits per heavy atom. The van der Waals surface area contributed by atoms with E-state index in [-0.39, 0.29) is 23.7 Å². The molecule has 1 fully saturated rings. The highest BCUT2D eigenvalue weighted by atomic mass is 32.1. The second kappa shape index (κ2) is 10.7.